The van der Waals surface area contributed by atoms with Crippen LogP contribution in [-0.4, -0.2) is 30.8 Å². The first-order chi connectivity index (χ1) is 10.3. The predicted octanol–water partition coefficient (Wildman–Crippen LogP) is 2.56. The predicted molar refractivity (Wildman–Crippen MR) is 84.4 cm³/mol. The number of hydrogen-bond acceptors (Lipinski definition) is 2. The van der Waals surface area contributed by atoms with Crippen molar-refractivity contribution in [3.8, 4) is 0 Å². The molecule has 0 spiro atoms. The van der Waals surface area contributed by atoms with E-state index in [1.807, 2.05) is 0 Å². The molecule has 0 saturated carbocycles. The molecule has 0 bridgehead atoms. The molecule has 1 fully saturated rings. The number of halogens is 2. The smallest absolute Gasteiger partial charge is 0.227 e. The fourth-order valence-electron chi connectivity index (χ4n) is 2.33. The van der Waals surface area contributed by atoms with Crippen LogP contribution in [0, 0.1) is 17.2 Å². The van der Waals surface area contributed by atoms with Crippen molar-refractivity contribution in [1.82, 2.24) is 5.32 Å². The van der Waals surface area contributed by atoms with Gasteiger partial charge in [0.25, 0.3) is 0 Å². The summed E-state index contributed by atoms with van der Waals surface area (Å²) in [5, 5.41) is 2.86. The van der Waals surface area contributed by atoms with Crippen molar-refractivity contribution in [3.63, 3.8) is 0 Å². The summed E-state index contributed by atoms with van der Waals surface area (Å²) in [7, 11) is 0. The van der Waals surface area contributed by atoms with Gasteiger partial charge >= 0.3 is 0 Å². The molecule has 1 aliphatic rings. The first-order valence-corrected chi connectivity index (χ1v) is 7.77. The molecule has 0 aliphatic carbocycles. The van der Waals surface area contributed by atoms with E-state index in [0.717, 1.165) is 0 Å². The highest BCUT2D eigenvalue weighted by molar-refractivity contribution is 6.19. The minimum absolute atomic E-state index is 0.0116. The number of alkyl halides is 1. The maximum absolute atomic E-state index is 12.9. The van der Waals surface area contributed by atoms with Crippen LogP contribution >= 0.6 is 11.6 Å². The van der Waals surface area contributed by atoms with Crippen molar-refractivity contribution < 1.29 is 14.0 Å². The number of nitrogens with one attached hydrogen (secondary N) is 1. The molecule has 6 heteroatoms. The monoisotopic (exact) mass is 326 g/mol. The van der Waals surface area contributed by atoms with Crippen LogP contribution in [0.4, 0.5) is 10.1 Å². The van der Waals surface area contributed by atoms with Crippen LogP contribution in [0.25, 0.3) is 0 Å². The normalized spacial score (nSPS) is 18.6. The summed E-state index contributed by atoms with van der Waals surface area (Å²) < 4.78 is 12.9. The van der Waals surface area contributed by atoms with E-state index in [9.17, 15) is 14.0 Å². The van der Waals surface area contributed by atoms with Gasteiger partial charge in [-0.05, 0) is 38.1 Å². The lowest BCUT2D eigenvalue weighted by atomic mass is 9.95. The van der Waals surface area contributed by atoms with Crippen LogP contribution in [-0.2, 0) is 9.59 Å². The van der Waals surface area contributed by atoms with Gasteiger partial charge in [-0.3, -0.25) is 9.59 Å². The standard InChI is InChI=1S/C16H20ClFN2O2/c1-16(2,10-17)15(22)19-8-11-7-14(21)20(9-11)13-5-3-12(18)4-6-13/h3-6,11H,7-10H2,1-2H3,(H,19,22). The van der Waals surface area contributed by atoms with Gasteiger partial charge in [0.05, 0.1) is 5.41 Å². The summed E-state index contributed by atoms with van der Waals surface area (Å²) in [5.41, 5.74) is 0.0576. The number of rotatable bonds is 5. The SMILES string of the molecule is CC(C)(CCl)C(=O)NCC1CC(=O)N(c2ccc(F)cc2)C1. The molecule has 22 heavy (non-hydrogen) atoms. The molecule has 120 valence electrons. The molecule has 2 rings (SSSR count). The van der Waals surface area contributed by atoms with E-state index in [1.54, 1.807) is 30.9 Å². The van der Waals surface area contributed by atoms with Gasteiger partial charge in [0.1, 0.15) is 5.82 Å². The molecule has 1 aromatic rings. The molecular weight excluding hydrogens is 307 g/mol. The summed E-state index contributed by atoms with van der Waals surface area (Å²) in [4.78, 5) is 25.7. The van der Waals surface area contributed by atoms with Gasteiger partial charge in [0, 0.05) is 37.0 Å². The first-order valence-electron chi connectivity index (χ1n) is 7.23. The maximum atomic E-state index is 12.9. The second kappa shape index (κ2) is 6.65. The Morgan fingerprint density at radius 2 is 2.05 bits per heavy atom. The van der Waals surface area contributed by atoms with Crippen LogP contribution in [0.1, 0.15) is 20.3 Å². The lowest BCUT2D eigenvalue weighted by Crippen LogP contribution is -2.40. The molecule has 0 radical (unpaired) electrons. The maximum Gasteiger partial charge on any atom is 0.227 e. The molecule has 1 N–H and O–H groups in total. The molecule has 1 unspecified atom stereocenters. The Kier molecular flexibility index (Phi) is 5.06. The zero-order valence-corrected chi connectivity index (χ0v) is 13.5. The quantitative estimate of drug-likeness (QED) is 0.845. The molecule has 1 aromatic carbocycles. The summed E-state index contributed by atoms with van der Waals surface area (Å²) in [6.07, 6.45) is 0.374. The molecule has 4 nitrogen and oxygen atoms in total. The molecular formula is C16H20ClFN2O2. The fraction of sp³-hybridized carbons (Fsp3) is 0.500. The van der Waals surface area contributed by atoms with Gasteiger partial charge in [0.2, 0.25) is 11.8 Å². The van der Waals surface area contributed by atoms with E-state index in [0.29, 0.717) is 25.2 Å². The van der Waals surface area contributed by atoms with Crippen LogP contribution in [0.2, 0.25) is 0 Å². The number of anilines is 1. The van der Waals surface area contributed by atoms with Gasteiger partial charge in [0.15, 0.2) is 0 Å². The molecule has 0 aromatic heterocycles. The average Bonchev–Trinajstić information content (AvgIpc) is 2.86. The van der Waals surface area contributed by atoms with Crippen molar-refractivity contribution in [1.29, 1.82) is 0 Å². The molecule has 1 atom stereocenters. The van der Waals surface area contributed by atoms with E-state index in [1.165, 1.54) is 12.1 Å². The van der Waals surface area contributed by atoms with Crippen LogP contribution in [0.3, 0.4) is 0 Å². The molecule has 2 amide bonds. The number of carbonyl (C=O) groups is 2. The zero-order chi connectivity index (χ0) is 16.3. The number of carbonyl (C=O) groups excluding carboxylic acids is 2. The van der Waals surface area contributed by atoms with Crippen molar-refractivity contribution >= 4 is 29.1 Å². The Labute approximate surface area is 134 Å². The van der Waals surface area contributed by atoms with E-state index < -0.39 is 5.41 Å². The molecule has 1 saturated heterocycles. The third kappa shape index (κ3) is 3.77. The van der Waals surface area contributed by atoms with Gasteiger partial charge in [-0.25, -0.2) is 4.39 Å². The van der Waals surface area contributed by atoms with Crippen molar-refractivity contribution in [2.75, 3.05) is 23.9 Å². The largest absolute Gasteiger partial charge is 0.355 e. The average molecular weight is 327 g/mol. The molecule has 1 heterocycles. The van der Waals surface area contributed by atoms with E-state index in [2.05, 4.69) is 5.32 Å². The lowest BCUT2D eigenvalue weighted by molar-refractivity contribution is -0.128. The fourth-order valence-corrected chi connectivity index (χ4v) is 2.45. The summed E-state index contributed by atoms with van der Waals surface area (Å²) in [5.74, 6) is -0.169. The molecule has 1 aliphatic heterocycles. The third-order valence-electron chi connectivity index (χ3n) is 3.84. The van der Waals surface area contributed by atoms with Crippen LogP contribution in [0.5, 0.6) is 0 Å². The van der Waals surface area contributed by atoms with Gasteiger partial charge in [-0.2, -0.15) is 0 Å². The Hall–Kier alpha value is -1.62. The Morgan fingerprint density at radius 3 is 2.64 bits per heavy atom. The number of amides is 2. The zero-order valence-electron chi connectivity index (χ0n) is 12.7. The van der Waals surface area contributed by atoms with Crippen molar-refractivity contribution in [2.24, 2.45) is 11.3 Å². The van der Waals surface area contributed by atoms with Gasteiger partial charge < -0.3 is 10.2 Å². The van der Waals surface area contributed by atoms with Crippen LogP contribution < -0.4 is 10.2 Å². The highest BCUT2D eigenvalue weighted by atomic mass is 35.5. The Bertz CT molecular complexity index is 560. The van der Waals surface area contributed by atoms with E-state index in [4.69, 9.17) is 11.6 Å². The third-order valence-corrected chi connectivity index (χ3v) is 4.51. The highest BCUT2D eigenvalue weighted by Gasteiger charge is 2.32. The Morgan fingerprint density at radius 1 is 1.41 bits per heavy atom. The van der Waals surface area contributed by atoms with E-state index in [-0.39, 0.29) is 29.4 Å². The first kappa shape index (κ1) is 16.7. The summed E-state index contributed by atoms with van der Waals surface area (Å²) >= 11 is 5.77. The summed E-state index contributed by atoms with van der Waals surface area (Å²) in [6.45, 7) is 4.51. The topological polar surface area (TPSA) is 49.4 Å². The van der Waals surface area contributed by atoms with Crippen LogP contribution in [0.15, 0.2) is 24.3 Å². The second-order valence-corrected chi connectivity index (χ2v) is 6.55. The minimum atomic E-state index is -0.624. The summed E-state index contributed by atoms with van der Waals surface area (Å²) in [6, 6.07) is 5.84. The van der Waals surface area contributed by atoms with E-state index >= 15 is 0 Å². The number of hydrogen-bond donors (Lipinski definition) is 1. The van der Waals surface area contributed by atoms with Gasteiger partial charge in [-0.1, -0.05) is 0 Å². The number of benzene rings is 1. The highest BCUT2D eigenvalue weighted by Crippen LogP contribution is 2.25. The number of nitrogens with zero attached hydrogens (tertiary/aromatic N) is 1. The minimum Gasteiger partial charge on any atom is -0.355 e. The van der Waals surface area contributed by atoms with Gasteiger partial charge in [-0.15, -0.1) is 11.6 Å². The van der Waals surface area contributed by atoms with Crippen molar-refractivity contribution in [3.05, 3.63) is 30.1 Å². The second-order valence-electron chi connectivity index (χ2n) is 6.28. The Balaban J connectivity index is 1.93. The van der Waals surface area contributed by atoms with Crippen molar-refractivity contribution in [2.45, 2.75) is 20.3 Å². The lowest BCUT2D eigenvalue weighted by Gasteiger charge is -2.22.